The average Bonchev–Trinajstić information content (AvgIpc) is 2.74. The number of carboxylic acid groups (broad SMARTS) is 2. The van der Waals surface area contributed by atoms with Gasteiger partial charge in [-0.3, -0.25) is 0 Å². The van der Waals surface area contributed by atoms with Crippen LogP contribution in [0.25, 0.3) is 12.2 Å². The summed E-state index contributed by atoms with van der Waals surface area (Å²) in [5.74, 6) is -0.0777. The molecule has 2 aromatic rings. The molecular weight excluding hydrogens is 384 g/mol. The van der Waals surface area contributed by atoms with Crippen LogP contribution in [0.2, 0.25) is 0 Å². The zero-order chi connectivity index (χ0) is 21.8. The Morgan fingerprint density at radius 2 is 1.30 bits per heavy atom. The molecule has 0 heterocycles. The van der Waals surface area contributed by atoms with Crippen LogP contribution in [0.1, 0.15) is 30.9 Å². The van der Waals surface area contributed by atoms with Crippen molar-refractivity contribution in [2.75, 3.05) is 13.2 Å². The number of aliphatic carboxylic acids is 2. The molecule has 0 spiro atoms. The smallest absolute Gasteiger partial charge is 0.328 e. The molecule has 0 radical (unpaired) electrons. The van der Waals surface area contributed by atoms with E-state index in [9.17, 15) is 9.59 Å². The second-order valence-electron chi connectivity index (χ2n) is 6.89. The number of carboxylic acids is 2. The van der Waals surface area contributed by atoms with Crippen molar-refractivity contribution >= 4 is 24.1 Å². The van der Waals surface area contributed by atoms with E-state index in [0.717, 1.165) is 47.6 Å². The predicted octanol–water partition coefficient (Wildman–Crippen LogP) is 4.76. The van der Waals surface area contributed by atoms with Gasteiger partial charge in [0, 0.05) is 12.2 Å². The summed E-state index contributed by atoms with van der Waals surface area (Å²) in [5.41, 5.74) is 1.61. The molecule has 0 saturated heterocycles. The molecule has 0 saturated carbocycles. The Morgan fingerprint density at radius 1 is 0.833 bits per heavy atom. The van der Waals surface area contributed by atoms with Crippen LogP contribution >= 0.6 is 0 Å². The molecule has 0 aliphatic rings. The molecule has 2 aromatic carbocycles. The molecule has 0 amide bonds. The van der Waals surface area contributed by atoms with E-state index in [0.29, 0.717) is 19.1 Å². The molecule has 0 fully saturated rings. The SMILES string of the molecule is CC(CCCOc1ccc(C=CC(=O)O)cc1)COc1ccc(C=CC(=O)O)cc1. The normalized spacial score (nSPS) is 12.2. The third-order valence-corrected chi connectivity index (χ3v) is 4.24. The molecule has 1 unspecified atom stereocenters. The fraction of sp³-hybridized carbons (Fsp3) is 0.250. The van der Waals surface area contributed by atoms with Crippen molar-refractivity contribution in [1.82, 2.24) is 0 Å². The number of hydrogen-bond acceptors (Lipinski definition) is 4. The van der Waals surface area contributed by atoms with Gasteiger partial charge < -0.3 is 19.7 Å². The summed E-state index contributed by atoms with van der Waals surface area (Å²) in [6, 6.07) is 14.6. The Labute approximate surface area is 176 Å². The maximum absolute atomic E-state index is 10.5. The number of carbonyl (C=O) groups is 2. The molecule has 1 atom stereocenters. The van der Waals surface area contributed by atoms with E-state index < -0.39 is 11.9 Å². The van der Waals surface area contributed by atoms with Crippen LogP contribution in [0.4, 0.5) is 0 Å². The van der Waals surface area contributed by atoms with E-state index in [1.807, 2.05) is 48.5 Å². The molecule has 0 aromatic heterocycles. The molecule has 6 heteroatoms. The summed E-state index contributed by atoms with van der Waals surface area (Å²) in [5, 5.41) is 17.3. The second-order valence-corrected chi connectivity index (χ2v) is 6.89. The van der Waals surface area contributed by atoms with Crippen molar-refractivity contribution in [3.63, 3.8) is 0 Å². The van der Waals surface area contributed by atoms with Crippen LogP contribution in [0.3, 0.4) is 0 Å². The van der Waals surface area contributed by atoms with E-state index >= 15 is 0 Å². The van der Waals surface area contributed by atoms with Gasteiger partial charge in [-0.25, -0.2) is 9.59 Å². The summed E-state index contributed by atoms with van der Waals surface area (Å²) in [6.45, 7) is 3.31. The molecule has 2 N–H and O–H groups in total. The van der Waals surface area contributed by atoms with Gasteiger partial charge in [-0.2, -0.15) is 0 Å². The lowest BCUT2D eigenvalue weighted by Gasteiger charge is -2.13. The van der Waals surface area contributed by atoms with Crippen molar-refractivity contribution in [2.45, 2.75) is 19.8 Å². The molecular formula is C24H26O6. The summed E-state index contributed by atoms with van der Waals surface area (Å²) in [6.07, 6.45) is 7.13. The Kier molecular flexibility index (Phi) is 9.18. The van der Waals surface area contributed by atoms with Crippen LogP contribution in [0.5, 0.6) is 11.5 Å². The topological polar surface area (TPSA) is 93.1 Å². The van der Waals surface area contributed by atoms with Gasteiger partial charge in [-0.05, 0) is 66.3 Å². The minimum absolute atomic E-state index is 0.365. The summed E-state index contributed by atoms with van der Waals surface area (Å²) < 4.78 is 11.5. The highest BCUT2D eigenvalue weighted by molar-refractivity contribution is 5.85. The maximum atomic E-state index is 10.5. The van der Waals surface area contributed by atoms with Crippen molar-refractivity contribution < 1.29 is 29.3 Å². The molecule has 6 nitrogen and oxygen atoms in total. The fourth-order valence-corrected chi connectivity index (χ4v) is 2.63. The van der Waals surface area contributed by atoms with E-state index in [4.69, 9.17) is 19.7 Å². The lowest BCUT2D eigenvalue weighted by atomic mass is 10.1. The zero-order valence-corrected chi connectivity index (χ0v) is 16.9. The summed E-state index contributed by atoms with van der Waals surface area (Å²) >= 11 is 0. The highest BCUT2D eigenvalue weighted by atomic mass is 16.5. The molecule has 0 bridgehead atoms. The van der Waals surface area contributed by atoms with Gasteiger partial charge in [-0.1, -0.05) is 31.2 Å². The van der Waals surface area contributed by atoms with Crippen molar-refractivity contribution in [3.8, 4) is 11.5 Å². The average molecular weight is 410 g/mol. The Morgan fingerprint density at radius 3 is 1.77 bits per heavy atom. The van der Waals surface area contributed by atoms with Crippen molar-refractivity contribution in [2.24, 2.45) is 5.92 Å². The zero-order valence-electron chi connectivity index (χ0n) is 16.9. The molecule has 158 valence electrons. The van der Waals surface area contributed by atoms with E-state index in [2.05, 4.69) is 6.92 Å². The largest absolute Gasteiger partial charge is 0.494 e. The molecule has 30 heavy (non-hydrogen) atoms. The number of rotatable bonds is 12. The highest BCUT2D eigenvalue weighted by Crippen LogP contribution is 2.17. The quantitative estimate of drug-likeness (QED) is 0.387. The minimum Gasteiger partial charge on any atom is -0.494 e. The van der Waals surface area contributed by atoms with Crippen LogP contribution in [0, 0.1) is 5.92 Å². The first-order chi connectivity index (χ1) is 14.4. The van der Waals surface area contributed by atoms with Gasteiger partial charge in [-0.15, -0.1) is 0 Å². The van der Waals surface area contributed by atoms with Crippen molar-refractivity contribution in [3.05, 3.63) is 71.8 Å². The van der Waals surface area contributed by atoms with E-state index in [1.165, 1.54) is 12.2 Å². The number of hydrogen-bond donors (Lipinski definition) is 2. The standard InChI is InChI=1S/C24H26O6/c1-18(17-30-22-12-6-20(7-13-22)9-15-24(27)28)3-2-16-29-21-10-4-19(5-11-21)8-14-23(25)26/h4-15,18H,2-3,16-17H2,1H3,(H,25,26)(H,27,28). The third-order valence-electron chi connectivity index (χ3n) is 4.24. The highest BCUT2D eigenvalue weighted by Gasteiger charge is 2.04. The second kappa shape index (κ2) is 12.1. The third kappa shape index (κ3) is 9.10. The fourth-order valence-electron chi connectivity index (χ4n) is 2.63. The van der Waals surface area contributed by atoms with Gasteiger partial charge in [0.15, 0.2) is 0 Å². The van der Waals surface area contributed by atoms with Gasteiger partial charge in [0.05, 0.1) is 13.2 Å². The van der Waals surface area contributed by atoms with Crippen LogP contribution in [-0.2, 0) is 9.59 Å². The first-order valence-electron chi connectivity index (χ1n) is 9.70. The Hall–Kier alpha value is -3.54. The number of ether oxygens (including phenoxy) is 2. The van der Waals surface area contributed by atoms with Crippen LogP contribution in [0.15, 0.2) is 60.7 Å². The lowest BCUT2D eigenvalue weighted by molar-refractivity contribution is -0.132. The van der Waals surface area contributed by atoms with Gasteiger partial charge >= 0.3 is 11.9 Å². The first kappa shape index (κ1) is 22.7. The monoisotopic (exact) mass is 410 g/mol. The maximum Gasteiger partial charge on any atom is 0.328 e. The summed E-state index contributed by atoms with van der Waals surface area (Å²) in [4.78, 5) is 21.0. The Bertz CT molecular complexity index is 866. The number of benzene rings is 2. The first-order valence-corrected chi connectivity index (χ1v) is 9.70. The van der Waals surface area contributed by atoms with Crippen molar-refractivity contribution in [1.29, 1.82) is 0 Å². The van der Waals surface area contributed by atoms with Gasteiger partial charge in [0.1, 0.15) is 11.5 Å². The van der Waals surface area contributed by atoms with Gasteiger partial charge in [0.25, 0.3) is 0 Å². The van der Waals surface area contributed by atoms with E-state index in [-0.39, 0.29) is 0 Å². The molecule has 2 rings (SSSR count). The van der Waals surface area contributed by atoms with Crippen LogP contribution in [-0.4, -0.2) is 35.4 Å². The lowest BCUT2D eigenvalue weighted by Crippen LogP contribution is -2.10. The predicted molar refractivity (Wildman–Crippen MR) is 116 cm³/mol. The minimum atomic E-state index is -0.974. The molecule has 0 aliphatic carbocycles. The molecule has 0 aliphatic heterocycles. The van der Waals surface area contributed by atoms with Gasteiger partial charge in [0.2, 0.25) is 0 Å². The van der Waals surface area contributed by atoms with E-state index in [1.54, 1.807) is 0 Å². The Balaban J connectivity index is 1.64. The van der Waals surface area contributed by atoms with Crippen LogP contribution < -0.4 is 9.47 Å². The summed E-state index contributed by atoms with van der Waals surface area (Å²) in [7, 11) is 0.